The first kappa shape index (κ1) is 15.1. The lowest BCUT2D eigenvalue weighted by atomic mass is 10.1. The van der Waals surface area contributed by atoms with Crippen LogP contribution in [-0.4, -0.2) is 30.6 Å². The van der Waals surface area contributed by atoms with E-state index in [1.165, 1.54) is 23.9 Å². The number of nitrogens with one attached hydrogen (secondary N) is 1. The molecular formula is C13H20N2O4S. The van der Waals surface area contributed by atoms with Crippen molar-refractivity contribution in [3.63, 3.8) is 0 Å². The Hall–Kier alpha value is -1.34. The van der Waals surface area contributed by atoms with Gasteiger partial charge in [0.25, 0.3) is 0 Å². The molecule has 2 N–H and O–H groups in total. The van der Waals surface area contributed by atoms with Crippen molar-refractivity contribution in [2.24, 2.45) is 18.9 Å². The molecule has 7 heteroatoms. The zero-order valence-electron chi connectivity index (χ0n) is 11.7. The molecule has 1 heterocycles. The van der Waals surface area contributed by atoms with Crippen molar-refractivity contribution in [2.75, 3.05) is 6.54 Å². The molecule has 0 saturated heterocycles. The predicted molar refractivity (Wildman–Crippen MR) is 74.1 cm³/mol. The van der Waals surface area contributed by atoms with Crippen LogP contribution in [0.15, 0.2) is 17.2 Å². The third kappa shape index (κ3) is 3.21. The number of carboxylic acids is 1. The molecule has 1 aromatic rings. The van der Waals surface area contributed by atoms with Gasteiger partial charge in [0.2, 0.25) is 10.0 Å². The van der Waals surface area contributed by atoms with Crippen LogP contribution in [-0.2, 0) is 17.1 Å². The number of carboxylic acid groups (broad SMARTS) is 1. The van der Waals surface area contributed by atoms with Gasteiger partial charge in [0.15, 0.2) is 0 Å². The zero-order chi connectivity index (χ0) is 14.9. The Kier molecular flexibility index (Phi) is 4.19. The highest BCUT2D eigenvalue weighted by Crippen LogP contribution is 2.29. The van der Waals surface area contributed by atoms with Gasteiger partial charge in [-0.2, -0.15) is 0 Å². The Bertz CT molecular complexity index is 606. The molecule has 112 valence electrons. The maximum absolute atomic E-state index is 12.1. The summed E-state index contributed by atoms with van der Waals surface area (Å²) in [5, 5.41) is 8.94. The van der Waals surface area contributed by atoms with Crippen molar-refractivity contribution in [3.8, 4) is 0 Å². The fourth-order valence-corrected chi connectivity index (χ4v) is 3.90. The number of hydrogen-bond donors (Lipinski definition) is 2. The molecule has 2 atom stereocenters. The van der Waals surface area contributed by atoms with E-state index in [9.17, 15) is 13.2 Å². The summed E-state index contributed by atoms with van der Waals surface area (Å²) < 4.78 is 28.2. The first-order valence-electron chi connectivity index (χ1n) is 6.69. The number of carbonyl (C=O) groups is 1. The maximum Gasteiger partial charge on any atom is 0.352 e. The number of sulfonamides is 1. The minimum atomic E-state index is -3.63. The number of hydrogen-bond acceptors (Lipinski definition) is 3. The SMILES string of the molecule is CC1CCC(CNS(=O)(=O)c2cc(C(=O)O)n(C)c2)C1. The van der Waals surface area contributed by atoms with Gasteiger partial charge in [0, 0.05) is 19.8 Å². The number of aryl methyl sites for hydroxylation is 1. The van der Waals surface area contributed by atoms with Gasteiger partial charge >= 0.3 is 5.97 Å². The molecule has 1 aliphatic rings. The third-order valence-electron chi connectivity index (χ3n) is 3.87. The fourth-order valence-electron chi connectivity index (χ4n) is 2.72. The Morgan fingerprint density at radius 3 is 2.70 bits per heavy atom. The quantitative estimate of drug-likeness (QED) is 0.861. The van der Waals surface area contributed by atoms with Gasteiger partial charge < -0.3 is 9.67 Å². The van der Waals surface area contributed by atoms with Crippen LogP contribution < -0.4 is 4.72 Å². The van der Waals surface area contributed by atoms with Gasteiger partial charge in [0.1, 0.15) is 10.6 Å². The molecule has 2 rings (SSSR count). The average molecular weight is 300 g/mol. The molecule has 1 saturated carbocycles. The Labute approximate surface area is 118 Å². The van der Waals surface area contributed by atoms with Gasteiger partial charge in [-0.25, -0.2) is 17.9 Å². The van der Waals surface area contributed by atoms with Gasteiger partial charge in [-0.15, -0.1) is 0 Å². The molecule has 0 spiro atoms. The molecule has 1 fully saturated rings. The monoisotopic (exact) mass is 300 g/mol. The van der Waals surface area contributed by atoms with E-state index in [2.05, 4.69) is 11.6 Å². The maximum atomic E-state index is 12.1. The van der Waals surface area contributed by atoms with Crippen LogP contribution in [0, 0.1) is 11.8 Å². The number of nitrogens with zero attached hydrogens (tertiary/aromatic N) is 1. The first-order valence-corrected chi connectivity index (χ1v) is 8.17. The van der Waals surface area contributed by atoms with Crippen molar-refractivity contribution >= 4 is 16.0 Å². The second-order valence-electron chi connectivity index (χ2n) is 5.61. The number of rotatable bonds is 5. The van der Waals surface area contributed by atoms with E-state index in [1.807, 2.05) is 0 Å². The molecule has 1 aliphatic carbocycles. The Morgan fingerprint density at radius 2 is 2.20 bits per heavy atom. The minimum absolute atomic E-state index is 0.00319. The summed E-state index contributed by atoms with van der Waals surface area (Å²) in [6, 6.07) is 1.18. The summed E-state index contributed by atoms with van der Waals surface area (Å²) in [7, 11) is -2.12. The number of aromatic nitrogens is 1. The molecular weight excluding hydrogens is 280 g/mol. The van der Waals surface area contributed by atoms with Crippen LogP contribution in [0.5, 0.6) is 0 Å². The molecule has 1 aromatic heterocycles. The lowest BCUT2D eigenvalue weighted by molar-refractivity contribution is 0.0686. The van der Waals surface area contributed by atoms with Crippen molar-refractivity contribution in [3.05, 3.63) is 18.0 Å². The van der Waals surface area contributed by atoms with Gasteiger partial charge in [-0.05, 0) is 30.7 Å². The molecule has 0 radical (unpaired) electrons. The normalized spacial score (nSPS) is 23.1. The van der Waals surface area contributed by atoms with Crippen molar-refractivity contribution in [2.45, 2.75) is 31.1 Å². The lowest BCUT2D eigenvalue weighted by Gasteiger charge is -2.10. The first-order chi connectivity index (χ1) is 9.29. The van der Waals surface area contributed by atoms with Crippen LogP contribution in [0.4, 0.5) is 0 Å². The highest BCUT2D eigenvalue weighted by Gasteiger charge is 2.25. The fraction of sp³-hybridized carbons (Fsp3) is 0.615. The van der Waals surface area contributed by atoms with Gasteiger partial charge in [0.05, 0.1) is 0 Å². The van der Waals surface area contributed by atoms with E-state index >= 15 is 0 Å². The highest BCUT2D eigenvalue weighted by atomic mass is 32.2. The van der Waals surface area contributed by atoms with E-state index in [4.69, 9.17) is 5.11 Å². The van der Waals surface area contributed by atoms with Crippen LogP contribution in [0.1, 0.15) is 36.7 Å². The molecule has 0 aromatic carbocycles. The van der Waals surface area contributed by atoms with E-state index in [1.54, 1.807) is 0 Å². The van der Waals surface area contributed by atoms with E-state index < -0.39 is 16.0 Å². The third-order valence-corrected chi connectivity index (χ3v) is 5.27. The summed E-state index contributed by atoms with van der Waals surface area (Å²) in [6.45, 7) is 2.59. The summed E-state index contributed by atoms with van der Waals surface area (Å²) in [6.07, 6.45) is 4.54. The summed E-state index contributed by atoms with van der Waals surface area (Å²) in [5.41, 5.74) is -0.0418. The van der Waals surface area contributed by atoms with Crippen molar-refractivity contribution < 1.29 is 18.3 Å². The van der Waals surface area contributed by atoms with E-state index in [-0.39, 0.29) is 10.6 Å². The van der Waals surface area contributed by atoms with E-state index in [0.29, 0.717) is 18.4 Å². The lowest BCUT2D eigenvalue weighted by Crippen LogP contribution is -2.28. The van der Waals surface area contributed by atoms with Crippen LogP contribution in [0.25, 0.3) is 0 Å². The van der Waals surface area contributed by atoms with Crippen molar-refractivity contribution in [1.29, 1.82) is 0 Å². The molecule has 6 nitrogen and oxygen atoms in total. The van der Waals surface area contributed by atoms with E-state index in [0.717, 1.165) is 19.3 Å². The standard InChI is InChI=1S/C13H20N2O4S/c1-9-3-4-10(5-9)7-14-20(18,19)11-6-12(13(16)17)15(2)8-11/h6,8-10,14H,3-5,7H2,1-2H3,(H,16,17). The average Bonchev–Trinajstić information content (AvgIpc) is 2.93. The van der Waals surface area contributed by atoms with Gasteiger partial charge in [-0.1, -0.05) is 13.3 Å². The summed E-state index contributed by atoms with van der Waals surface area (Å²) in [5.74, 6) is -0.110. The zero-order valence-corrected chi connectivity index (χ0v) is 12.5. The van der Waals surface area contributed by atoms with Crippen LogP contribution in [0.3, 0.4) is 0 Å². The van der Waals surface area contributed by atoms with Crippen LogP contribution in [0.2, 0.25) is 0 Å². The topological polar surface area (TPSA) is 88.4 Å². The second-order valence-corrected chi connectivity index (χ2v) is 7.38. The molecule has 0 aliphatic heterocycles. The Morgan fingerprint density at radius 1 is 1.50 bits per heavy atom. The van der Waals surface area contributed by atoms with Crippen LogP contribution >= 0.6 is 0 Å². The molecule has 2 unspecified atom stereocenters. The molecule has 0 bridgehead atoms. The Balaban J connectivity index is 2.06. The largest absolute Gasteiger partial charge is 0.477 e. The summed E-state index contributed by atoms with van der Waals surface area (Å²) in [4.78, 5) is 10.9. The minimum Gasteiger partial charge on any atom is -0.477 e. The molecule has 20 heavy (non-hydrogen) atoms. The predicted octanol–water partition coefficient (Wildman–Crippen LogP) is 1.44. The highest BCUT2D eigenvalue weighted by molar-refractivity contribution is 7.89. The second kappa shape index (κ2) is 5.57. The smallest absolute Gasteiger partial charge is 0.352 e. The number of aromatic carboxylic acids is 1. The van der Waals surface area contributed by atoms with Gasteiger partial charge in [-0.3, -0.25) is 0 Å². The summed E-state index contributed by atoms with van der Waals surface area (Å²) >= 11 is 0. The van der Waals surface area contributed by atoms with Crippen molar-refractivity contribution in [1.82, 2.24) is 9.29 Å². The molecule has 0 amide bonds.